The number of rotatable bonds is 5. The Bertz CT molecular complexity index is 840. The molecule has 6 heteroatoms. The molecule has 2 aromatic carbocycles. The predicted octanol–water partition coefficient (Wildman–Crippen LogP) is 3.57. The molecular weight excluding hydrogens is 376 g/mol. The Morgan fingerprint density at radius 3 is 2.54 bits per heavy atom. The van der Waals surface area contributed by atoms with Crippen molar-refractivity contribution in [3.05, 3.63) is 70.7 Å². The van der Waals surface area contributed by atoms with Gasteiger partial charge in [-0.2, -0.15) is 0 Å². The van der Waals surface area contributed by atoms with Crippen LogP contribution in [0.4, 0.5) is 4.79 Å². The molecule has 2 aromatic rings. The van der Waals surface area contributed by atoms with Crippen LogP contribution in [-0.2, 0) is 11.3 Å². The van der Waals surface area contributed by atoms with Crippen LogP contribution in [0.5, 0.6) is 0 Å². The lowest BCUT2D eigenvalue weighted by atomic mass is 10.1. The van der Waals surface area contributed by atoms with E-state index in [1.807, 2.05) is 54.6 Å². The number of benzene rings is 2. The van der Waals surface area contributed by atoms with E-state index in [1.54, 1.807) is 0 Å². The molecule has 0 saturated carbocycles. The van der Waals surface area contributed by atoms with Crippen molar-refractivity contribution in [3.63, 3.8) is 0 Å². The molecular formula is C22H23ClN2O3. The molecule has 1 aliphatic rings. The lowest BCUT2D eigenvalue weighted by Gasteiger charge is -2.36. The second kappa shape index (κ2) is 10.1. The first-order chi connectivity index (χ1) is 13.6. The Morgan fingerprint density at radius 2 is 1.86 bits per heavy atom. The molecule has 3 rings (SSSR count). The summed E-state index contributed by atoms with van der Waals surface area (Å²) in [5.41, 5.74) is 1.96. The van der Waals surface area contributed by atoms with Gasteiger partial charge >= 0.3 is 6.09 Å². The molecule has 0 radical (unpaired) electrons. The molecule has 1 amide bonds. The van der Waals surface area contributed by atoms with Crippen LogP contribution < -0.4 is 0 Å². The summed E-state index contributed by atoms with van der Waals surface area (Å²) in [5.74, 6) is 6.47. The van der Waals surface area contributed by atoms with Crippen LogP contribution in [-0.4, -0.2) is 59.8 Å². The van der Waals surface area contributed by atoms with E-state index in [0.717, 1.165) is 11.1 Å². The van der Waals surface area contributed by atoms with Gasteiger partial charge in [-0.1, -0.05) is 59.8 Å². The van der Waals surface area contributed by atoms with Crippen LogP contribution in [0.15, 0.2) is 54.6 Å². The number of amides is 1. The fourth-order valence-corrected chi connectivity index (χ4v) is 3.25. The highest BCUT2D eigenvalue weighted by Gasteiger charge is 2.25. The first-order valence-corrected chi connectivity index (χ1v) is 9.60. The van der Waals surface area contributed by atoms with Gasteiger partial charge in [0.15, 0.2) is 0 Å². The molecule has 1 saturated heterocycles. The maximum absolute atomic E-state index is 11.1. The van der Waals surface area contributed by atoms with E-state index in [2.05, 4.69) is 16.7 Å². The third kappa shape index (κ3) is 6.00. The van der Waals surface area contributed by atoms with Crippen molar-refractivity contribution in [3.8, 4) is 11.8 Å². The van der Waals surface area contributed by atoms with Crippen LogP contribution in [0.2, 0.25) is 5.02 Å². The van der Waals surface area contributed by atoms with Crippen molar-refractivity contribution < 1.29 is 14.6 Å². The van der Waals surface area contributed by atoms with Crippen molar-refractivity contribution >= 4 is 17.7 Å². The standard InChI is InChI=1S/C22H23ClN2O3/c23-20-8-4-7-18(15-20)9-10-21(17-28-16-19-5-2-1-3-6-19)24-11-13-25(14-12-24)22(26)27/h1-8,15,21H,11-14,16-17H2,(H,26,27). The Morgan fingerprint density at radius 1 is 1.11 bits per heavy atom. The average Bonchev–Trinajstić information content (AvgIpc) is 2.71. The summed E-state index contributed by atoms with van der Waals surface area (Å²) >= 11 is 6.04. The zero-order valence-electron chi connectivity index (χ0n) is 15.6. The minimum absolute atomic E-state index is 0.112. The average molecular weight is 399 g/mol. The van der Waals surface area contributed by atoms with E-state index >= 15 is 0 Å². The minimum Gasteiger partial charge on any atom is -0.465 e. The lowest BCUT2D eigenvalue weighted by molar-refractivity contribution is 0.0460. The molecule has 0 spiro atoms. The fraction of sp³-hybridized carbons (Fsp3) is 0.318. The van der Waals surface area contributed by atoms with Gasteiger partial charge in [-0.3, -0.25) is 4.90 Å². The second-order valence-electron chi connectivity index (χ2n) is 6.60. The van der Waals surface area contributed by atoms with Crippen LogP contribution in [0.25, 0.3) is 0 Å². The number of halogens is 1. The lowest BCUT2D eigenvalue weighted by Crippen LogP contribution is -2.52. The van der Waals surface area contributed by atoms with E-state index in [4.69, 9.17) is 21.4 Å². The third-order valence-electron chi connectivity index (χ3n) is 4.62. The van der Waals surface area contributed by atoms with Gasteiger partial charge in [-0.05, 0) is 23.8 Å². The molecule has 1 N–H and O–H groups in total. The van der Waals surface area contributed by atoms with Gasteiger partial charge in [0.2, 0.25) is 0 Å². The van der Waals surface area contributed by atoms with Gasteiger partial charge in [-0.15, -0.1) is 0 Å². The maximum Gasteiger partial charge on any atom is 0.407 e. The zero-order chi connectivity index (χ0) is 19.8. The van der Waals surface area contributed by atoms with Crippen molar-refractivity contribution in [1.29, 1.82) is 0 Å². The van der Waals surface area contributed by atoms with Crippen LogP contribution in [0, 0.1) is 11.8 Å². The van der Waals surface area contributed by atoms with E-state index in [-0.39, 0.29) is 6.04 Å². The van der Waals surface area contributed by atoms with Gasteiger partial charge in [-0.25, -0.2) is 4.79 Å². The molecule has 1 heterocycles. The Kier molecular flexibility index (Phi) is 7.32. The summed E-state index contributed by atoms with van der Waals surface area (Å²) in [6, 6.07) is 17.3. The van der Waals surface area contributed by atoms with Crippen LogP contribution in [0.1, 0.15) is 11.1 Å². The Hall–Kier alpha value is -2.52. The molecule has 1 aliphatic heterocycles. The topological polar surface area (TPSA) is 53.0 Å². The number of piperazine rings is 1. The molecule has 28 heavy (non-hydrogen) atoms. The molecule has 0 aliphatic carbocycles. The molecule has 0 aromatic heterocycles. The normalized spacial score (nSPS) is 15.5. The summed E-state index contributed by atoms with van der Waals surface area (Å²) in [5, 5.41) is 9.80. The predicted molar refractivity (Wildman–Crippen MR) is 109 cm³/mol. The summed E-state index contributed by atoms with van der Waals surface area (Å²) in [6.07, 6.45) is -0.874. The third-order valence-corrected chi connectivity index (χ3v) is 4.86. The number of hydrogen-bond acceptors (Lipinski definition) is 3. The van der Waals surface area contributed by atoms with Gasteiger partial charge in [0.25, 0.3) is 0 Å². The number of nitrogens with zero attached hydrogens (tertiary/aromatic N) is 2. The Labute approximate surface area is 170 Å². The van der Waals surface area contributed by atoms with Crippen LogP contribution in [0.3, 0.4) is 0 Å². The van der Waals surface area contributed by atoms with Gasteiger partial charge in [0.05, 0.1) is 19.3 Å². The van der Waals surface area contributed by atoms with Crippen molar-refractivity contribution in [2.75, 3.05) is 32.8 Å². The number of carboxylic acid groups (broad SMARTS) is 1. The SMILES string of the molecule is O=C(O)N1CCN(C(C#Cc2cccc(Cl)c2)COCc2ccccc2)CC1. The van der Waals surface area contributed by atoms with Crippen molar-refractivity contribution in [2.24, 2.45) is 0 Å². The highest BCUT2D eigenvalue weighted by atomic mass is 35.5. The first-order valence-electron chi connectivity index (χ1n) is 9.22. The monoisotopic (exact) mass is 398 g/mol. The van der Waals surface area contributed by atoms with Crippen LogP contribution >= 0.6 is 11.6 Å². The maximum atomic E-state index is 11.1. The first kappa shape index (κ1) is 20.2. The van der Waals surface area contributed by atoms with Crippen molar-refractivity contribution in [1.82, 2.24) is 9.80 Å². The van der Waals surface area contributed by atoms with E-state index < -0.39 is 6.09 Å². The zero-order valence-corrected chi connectivity index (χ0v) is 16.3. The number of ether oxygens (including phenoxy) is 1. The summed E-state index contributed by atoms with van der Waals surface area (Å²) in [4.78, 5) is 14.8. The minimum atomic E-state index is -0.874. The van der Waals surface area contributed by atoms with Gasteiger partial charge < -0.3 is 14.7 Å². The quantitative estimate of drug-likeness (QED) is 0.782. The largest absolute Gasteiger partial charge is 0.465 e. The smallest absolute Gasteiger partial charge is 0.407 e. The molecule has 1 atom stereocenters. The Balaban J connectivity index is 1.66. The van der Waals surface area contributed by atoms with E-state index in [1.165, 1.54) is 4.90 Å². The molecule has 1 unspecified atom stereocenters. The van der Waals surface area contributed by atoms with E-state index in [9.17, 15) is 4.79 Å². The second-order valence-corrected chi connectivity index (χ2v) is 7.04. The van der Waals surface area contributed by atoms with Gasteiger partial charge in [0, 0.05) is 36.8 Å². The molecule has 146 valence electrons. The number of carbonyl (C=O) groups is 1. The van der Waals surface area contributed by atoms with E-state index in [0.29, 0.717) is 44.4 Å². The summed E-state index contributed by atoms with van der Waals surface area (Å²) in [7, 11) is 0. The summed E-state index contributed by atoms with van der Waals surface area (Å²) < 4.78 is 5.92. The number of hydrogen-bond donors (Lipinski definition) is 1. The van der Waals surface area contributed by atoms with Gasteiger partial charge in [0.1, 0.15) is 0 Å². The molecule has 1 fully saturated rings. The summed E-state index contributed by atoms with van der Waals surface area (Å²) in [6.45, 7) is 3.19. The fourth-order valence-electron chi connectivity index (χ4n) is 3.06. The highest BCUT2D eigenvalue weighted by molar-refractivity contribution is 6.30. The van der Waals surface area contributed by atoms with Crippen molar-refractivity contribution in [2.45, 2.75) is 12.6 Å². The highest BCUT2D eigenvalue weighted by Crippen LogP contribution is 2.11. The molecule has 5 nitrogen and oxygen atoms in total. The molecule has 0 bridgehead atoms.